The Kier molecular flexibility index (Phi) is 7.03. The highest BCUT2D eigenvalue weighted by Crippen LogP contribution is 2.32. The highest BCUT2D eigenvalue weighted by molar-refractivity contribution is 6.02. The van der Waals surface area contributed by atoms with Crippen LogP contribution in [-0.2, 0) is 6.42 Å². The van der Waals surface area contributed by atoms with E-state index < -0.39 is 0 Å². The standard InChI is InChI=1S/C19H27N3O2/c1-4-7-8-11-20-16-12-15(9-5-2)19-17(23)14-22(21-10-6-3)24-18(19)13-16/h5-6,12-13,20-21H,2-4,7-11,14H2,1H3. The molecule has 0 radical (unpaired) electrons. The molecule has 0 amide bonds. The van der Waals surface area contributed by atoms with Gasteiger partial charge in [-0.05, 0) is 24.5 Å². The van der Waals surface area contributed by atoms with Gasteiger partial charge >= 0.3 is 0 Å². The quantitative estimate of drug-likeness (QED) is 0.508. The van der Waals surface area contributed by atoms with Crippen LogP contribution in [0.4, 0.5) is 5.69 Å². The second-order valence-corrected chi connectivity index (χ2v) is 5.84. The van der Waals surface area contributed by atoms with E-state index in [1.54, 1.807) is 6.08 Å². The van der Waals surface area contributed by atoms with Gasteiger partial charge in [-0.2, -0.15) is 0 Å². The molecule has 0 saturated carbocycles. The molecule has 1 aromatic rings. The molecule has 0 aromatic heterocycles. The summed E-state index contributed by atoms with van der Waals surface area (Å²) in [5.74, 6) is 0.627. The second-order valence-electron chi connectivity index (χ2n) is 5.84. The number of Topliss-reactive ketones (excluding diaryl/α,β-unsaturated/α-hetero) is 1. The number of hydrazine groups is 1. The fourth-order valence-electron chi connectivity index (χ4n) is 2.70. The molecule has 0 aliphatic carbocycles. The molecule has 0 spiro atoms. The number of hydroxylamine groups is 1. The van der Waals surface area contributed by atoms with Crippen LogP contribution in [0.3, 0.4) is 0 Å². The number of fused-ring (bicyclic) bond motifs is 1. The molecule has 1 aliphatic heterocycles. The lowest BCUT2D eigenvalue weighted by atomic mass is 9.98. The Balaban J connectivity index is 2.21. The van der Waals surface area contributed by atoms with Crippen molar-refractivity contribution in [3.63, 3.8) is 0 Å². The van der Waals surface area contributed by atoms with Crippen molar-refractivity contribution in [1.82, 2.24) is 10.6 Å². The molecule has 5 heteroatoms. The summed E-state index contributed by atoms with van der Waals surface area (Å²) in [6.07, 6.45) is 7.68. The third kappa shape index (κ3) is 4.69. The maximum Gasteiger partial charge on any atom is 0.185 e. The van der Waals surface area contributed by atoms with E-state index in [2.05, 4.69) is 30.8 Å². The summed E-state index contributed by atoms with van der Waals surface area (Å²) in [6.45, 7) is 11.3. The molecular weight excluding hydrogens is 302 g/mol. The van der Waals surface area contributed by atoms with E-state index in [-0.39, 0.29) is 12.3 Å². The zero-order valence-electron chi connectivity index (χ0n) is 14.4. The van der Waals surface area contributed by atoms with Gasteiger partial charge in [-0.1, -0.05) is 37.1 Å². The fourth-order valence-corrected chi connectivity index (χ4v) is 2.70. The van der Waals surface area contributed by atoms with Gasteiger partial charge in [0.25, 0.3) is 0 Å². The van der Waals surface area contributed by atoms with Crippen LogP contribution in [0.1, 0.15) is 42.1 Å². The predicted octanol–water partition coefficient (Wildman–Crippen LogP) is 3.50. The lowest BCUT2D eigenvalue weighted by molar-refractivity contribution is -0.1000. The molecule has 2 N–H and O–H groups in total. The summed E-state index contributed by atoms with van der Waals surface area (Å²) in [5, 5.41) is 4.88. The first-order valence-corrected chi connectivity index (χ1v) is 8.54. The van der Waals surface area contributed by atoms with E-state index >= 15 is 0 Å². The zero-order chi connectivity index (χ0) is 17.4. The van der Waals surface area contributed by atoms with Gasteiger partial charge in [-0.25, -0.2) is 5.43 Å². The number of rotatable bonds is 10. The van der Waals surface area contributed by atoms with Gasteiger partial charge in [-0.3, -0.25) is 4.79 Å². The molecule has 1 aromatic carbocycles. The number of allylic oxidation sites excluding steroid dienone is 1. The van der Waals surface area contributed by atoms with Crippen LogP contribution in [0.5, 0.6) is 5.75 Å². The number of unbranched alkanes of at least 4 members (excludes halogenated alkanes) is 2. The van der Waals surface area contributed by atoms with E-state index in [1.807, 2.05) is 18.2 Å². The number of hydrogen-bond donors (Lipinski definition) is 2. The molecule has 2 rings (SSSR count). The van der Waals surface area contributed by atoms with Crippen molar-refractivity contribution in [2.75, 3.05) is 25.0 Å². The van der Waals surface area contributed by atoms with Gasteiger partial charge < -0.3 is 10.2 Å². The normalized spacial score (nSPS) is 14.0. The zero-order valence-corrected chi connectivity index (χ0v) is 14.4. The smallest absolute Gasteiger partial charge is 0.185 e. The highest BCUT2D eigenvalue weighted by atomic mass is 16.7. The number of carbonyl (C=O) groups excluding carboxylic acids is 1. The molecule has 0 saturated heterocycles. The Bertz CT molecular complexity index is 599. The molecule has 5 nitrogen and oxygen atoms in total. The molecule has 130 valence electrons. The predicted molar refractivity (Wildman–Crippen MR) is 98.2 cm³/mol. The number of nitrogens with zero attached hydrogens (tertiary/aromatic N) is 1. The largest absolute Gasteiger partial charge is 0.390 e. The van der Waals surface area contributed by atoms with Gasteiger partial charge in [0.15, 0.2) is 11.5 Å². The highest BCUT2D eigenvalue weighted by Gasteiger charge is 2.27. The van der Waals surface area contributed by atoms with Gasteiger partial charge in [0.1, 0.15) is 6.54 Å². The Morgan fingerprint density at radius 2 is 2.12 bits per heavy atom. The first-order chi connectivity index (χ1) is 11.7. The van der Waals surface area contributed by atoms with Crippen LogP contribution in [0.2, 0.25) is 0 Å². The molecule has 24 heavy (non-hydrogen) atoms. The lowest BCUT2D eigenvalue weighted by Crippen LogP contribution is -2.47. The van der Waals surface area contributed by atoms with Crippen molar-refractivity contribution in [1.29, 1.82) is 0 Å². The van der Waals surface area contributed by atoms with Crippen LogP contribution >= 0.6 is 0 Å². The van der Waals surface area contributed by atoms with Gasteiger partial charge in [0, 0.05) is 24.8 Å². The number of nitrogens with one attached hydrogen (secondary N) is 2. The summed E-state index contributed by atoms with van der Waals surface area (Å²) in [4.78, 5) is 18.4. The van der Waals surface area contributed by atoms with Crippen LogP contribution < -0.4 is 15.6 Å². The number of benzene rings is 1. The van der Waals surface area contributed by atoms with Crippen molar-refractivity contribution in [3.8, 4) is 5.75 Å². The van der Waals surface area contributed by atoms with Crippen molar-refractivity contribution >= 4 is 11.5 Å². The Hall–Kier alpha value is -2.11. The molecule has 0 bridgehead atoms. The molecule has 0 unspecified atom stereocenters. The van der Waals surface area contributed by atoms with Crippen molar-refractivity contribution in [2.24, 2.45) is 0 Å². The summed E-state index contributed by atoms with van der Waals surface area (Å²) in [5.41, 5.74) is 5.59. The molecule has 0 atom stereocenters. The average Bonchev–Trinajstić information content (AvgIpc) is 2.56. The first-order valence-electron chi connectivity index (χ1n) is 8.54. The van der Waals surface area contributed by atoms with Crippen LogP contribution in [0.25, 0.3) is 0 Å². The summed E-state index contributed by atoms with van der Waals surface area (Å²) >= 11 is 0. The molecule has 1 aliphatic rings. The summed E-state index contributed by atoms with van der Waals surface area (Å²) in [7, 11) is 0. The SMILES string of the molecule is C=CCNN1CC(=O)c2c(CC=C)cc(NCCCCC)cc2O1. The van der Waals surface area contributed by atoms with E-state index in [4.69, 9.17) is 4.84 Å². The van der Waals surface area contributed by atoms with Gasteiger partial charge in [0.05, 0.1) is 5.56 Å². The minimum Gasteiger partial charge on any atom is -0.390 e. The maximum atomic E-state index is 12.5. The number of hydrogen-bond acceptors (Lipinski definition) is 5. The van der Waals surface area contributed by atoms with Gasteiger partial charge in [0.2, 0.25) is 0 Å². The Morgan fingerprint density at radius 1 is 1.29 bits per heavy atom. The van der Waals surface area contributed by atoms with E-state index in [1.165, 1.54) is 18.0 Å². The molecular formula is C19H27N3O2. The summed E-state index contributed by atoms with van der Waals surface area (Å²) < 4.78 is 0. The molecule has 1 heterocycles. The number of ketones is 1. The summed E-state index contributed by atoms with van der Waals surface area (Å²) in [6, 6.07) is 3.92. The van der Waals surface area contributed by atoms with Crippen LogP contribution in [0.15, 0.2) is 37.4 Å². The van der Waals surface area contributed by atoms with Crippen molar-refractivity contribution < 1.29 is 9.63 Å². The minimum absolute atomic E-state index is 0.0437. The Morgan fingerprint density at radius 3 is 2.83 bits per heavy atom. The first kappa shape index (κ1) is 18.2. The minimum atomic E-state index is 0.0437. The average molecular weight is 329 g/mol. The van der Waals surface area contributed by atoms with Crippen LogP contribution in [0, 0.1) is 0 Å². The Labute approximate surface area is 144 Å². The third-order valence-corrected chi connectivity index (χ3v) is 3.84. The maximum absolute atomic E-state index is 12.5. The van der Waals surface area contributed by atoms with Crippen molar-refractivity contribution in [2.45, 2.75) is 32.6 Å². The van der Waals surface area contributed by atoms with Gasteiger partial charge in [-0.15, -0.1) is 13.2 Å². The van der Waals surface area contributed by atoms with E-state index in [0.29, 0.717) is 24.3 Å². The van der Waals surface area contributed by atoms with E-state index in [0.717, 1.165) is 24.2 Å². The fraction of sp³-hybridized carbons (Fsp3) is 0.421. The molecule has 0 fully saturated rings. The van der Waals surface area contributed by atoms with Crippen molar-refractivity contribution in [3.05, 3.63) is 48.6 Å². The monoisotopic (exact) mass is 329 g/mol. The third-order valence-electron chi connectivity index (χ3n) is 3.84. The van der Waals surface area contributed by atoms with Crippen LogP contribution in [-0.4, -0.2) is 30.6 Å². The second kappa shape index (κ2) is 9.25. The topological polar surface area (TPSA) is 53.6 Å². The number of anilines is 1. The number of carbonyl (C=O) groups is 1. The lowest BCUT2D eigenvalue weighted by Gasteiger charge is -2.29. The van der Waals surface area contributed by atoms with E-state index in [9.17, 15) is 4.79 Å².